The van der Waals surface area contributed by atoms with Crippen LogP contribution in [0.15, 0.2) is 79.1 Å². The number of anilines is 3. The number of fused-ring (bicyclic) bond motifs is 1. The minimum absolute atomic E-state index is 0.323. The van der Waals surface area contributed by atoms with Crippen LogP contribution in [0.4, 0.5) is 21.6 Å². The number of benzene rings is 2. The van der Waals surface area contributed by atoms with Gasteiger partial charge in [0.05, 0.1) is 23.1 Å². The number of carbonyl (C=O) groups excluding carboxylic acids is 1. The fourth-order valence-corrected chi connectivity index (χ4v) is 2.69. The van der Waals surface area contributed by atoms with Crippen molar-refractivity contribution < 1.29 is 9.18 Å². The predicted molar refractivity (Wildman–Crippen MR) is 104 cm³/mol. The molecule has 0 aliphatic rings. The molecule has 0 aliphatic heterocycles. The van der Waals surface area contributed by atoms with Crippen LogP contribution in [0.25, 0.3) is 10.9 Å². The molecule has 2 aromatic heterocycles. The van der Waals surface area contributed by atoms with Crippen molar-refractivity contribution in [2.24, 2.45) is 0 Å². The highest BCUT2D eigenvalue weighted by Gasteiger charge is 2.07. The summed E-state index contributed by atoms with van der Waals surface area (Å²) in [6, 6.07) is 18.6. The molecular weight excluding hydrogens is 343 g/mol. The maximum Gasteiger partial charge on any atom is 0.255 e. The normalized spacial score (nSPS) is 10.6. The summed E-state index contributed by atoms with van der Waals surface area (Å²) >= 11 is 0. The molecule has 0 aliphatic carbocycles. The number of hydrogen-bond donors (Lipinski definition) is 2. The number of nitrogens with zero attached hydrogens (tertiary/aromatic N) is 2. The van der Waals surface area contributed by atoms with E-state index in [-0.39, 0.29) is 11.7 Å². The summed E-state index contributed by atoms with van der Waals surface area (Å²) in [5.41, 5.74) is 2.63. The molecule has 0 saturated heterocycles. The second kappa shape index (κ2) is 7.21. The molecule has 27 heavy (non-hydrogen) atoms. The Kier molecular flexibility index (Phi) is 4.45. The van der Waals surface area contributed by atoms with Gasteiger partial charge in [-0.05, 0) is 48.5 Å². The van der Waals surface area contributed by atoms with Gasteiger partial charge in [-0.15, -0.1) is 0 Å². The Labute approximate surface area is 154 Å². The molecule has 4 rings (SSSR count). The molecule has 132 valence electrons. The third kappa shape index (κ3) is 3.74. The maximum absolute atomic E-state index is 12.9. The molecule has 6 heteroatoms. The van der Waals surface area contributed by atoms with E-state index in [1.165, 1.54) is 24.3 Å². The SMILES string of the molecule is O=C(Nc1ccc(Nc2cccc3cccnc23)nc1)c1ccc(F)cc1. The van der Waals surface area contributed by atoms with E-state index in [0.717, 1.165) is 16.6 Å². The van der Waals surface area contributed by atoms with Crippen LogP contribution in [0.5, 0.6) is 0 Å². The Morgan fingerprint density at radius 1 is 0.889 bits per heavy atom. The lowest BCUT2D eigenvalue weighted by Crippen LogP contribution is -2.12. The van der Waals surface area contributed by atoms with Crippen LogP contribution >= 0.6 is 0 Å². The van der Waals surface area contributed by atoms with E-state index in [4.69, 9.17) is 0 Å². The third-order valence-electron chi connectivity index (χ3n) is 4.02. The van der Waals surface area contributed by atoms with Gasteiger partial charge in [-0.1, -0.05) is 18.2 Å². The van der Waals surface area contributed by atoms with Crippen molar-refractivity contribution in [2.45, 2.75) is 0 Å². The molecular formula is C21H15FN4O. The first-order chi connectivity index (χ1) is 13.2. The molecule has 2 aromatic carbocycles. The number of rotatable bonds is 4. The molecule has 4 aromatic rings. The fraction of sp³-hybridized carbons (Fsp3) is 0. The molecule has 0 saturated carbocycles. The largest absolute Gasteiger partial charge is 0.338 e. The topological polar surface area (TPSA) is 66.9 Å². The molecule has 0 fully saturated rings. The Hall–Kier alpha value is -3.80. The van der Waals surface area contributed by atoms with E-state index in [1.807, 2.05) is 30.3 Å². The standard InChI is InChI=1S/C21H15FN4O/c22-16-8-6-15(7-9-16)21(27)25-17-10-11-19(24-13-17)26-18-5-1-3-14-4-2-12-23-20(14)18/h1-13H,(H,24,26)(H,25,27). The molecule has 0 spiro atoms. The molecule has 0 radical (unpaired) electrons. The summed E-state index contributed by atoms with van der Waals surface area (Å²) in [6.45, 7) is 0. The zero-order valence-electron chi connectivity index (χ0n) is 14.2. The smallest absolute Gasteiger partial charge is 0.255 e. The minimum Gasteiger partial charge on any atom is -0.338 e. The number of hydrogen-bond acceptors (Lipinski definition) is 4. The summed E-state index contributed by atoms with van der Waals surface area (Å²) in [5, 5.41) is 7.00. The quantitative estimate of drug-likeness (QED) is 0.552. The highest BCUT2D eigenvalue weighted by atomic mass is 19.1. The van der Waals surface area contributed by atoms with E-state index in [0.29, 0.717) is 17.1 Å². The van der Waals surface area contributed by atoms with Crippen molar-refractivity contribution in [2.75, 3.05) is 10.6 Å². The molecule has 5 nitrogen and oxygen atoms in total. The number of carbonyl (C=O) groups is 1. The monoisotopic (exact) mass is 358 g/mol. The van der Waals surface area contributed by atoms with E-state index in [2.05, 4.69) is 20.6 Å². The summed E-state index contributed by atoms with van der Waals surface area (Å²) in [5.74, 6) is -0.0738. The Bertz CT molecular complexity index is 1090. The van der Waals surface area contributed by atoms with Gasteiger partial charge in [0.25, 0.3) is 5.91 Å². The first-order valence-corrected chi connectivity index (χ1v) is 8.33. The summed E-state index contributed by atoms with van der Waals surface area (Å²) in [6.07, 6.45) is 3.30. The second-order valence-corrected chi connectivity index (χ2v) is 5.90. The Morgan fingerprint density at radius 3 is 2.48 bits per heavy atom. The summed E-state index contributed by atoms with van der Waals surface area (Å²) in [7, 11) is 0. The number of para-hydroxylation sites is 1. The van der Waals surface area contributed by atoms with Crippen LogP contribution in [0.1, 0.15) is 10.4 Å². The van der Waals surface area contributed by atoms with E-state index >= 15 is 0 Å². The lowest BCUT2D eigenvalue weighted by atomic mass is 10.2. The molecule has 1 amide bonds. The molecule has 0 bridgehead atoms. The first-order valence-electron chi connectivity index (χ1n) is 8.33. The van der Waals surface area contributed by atoms with Crippen molar-refractivity contribution in [3.63, 3.8) is 0 Å². The van der Waals surface area contributed by atoms with Crippen molar-refractivity contribution in [3.8, 4) is 0 Å². The zero-order valence-corrected chi connectivity index (χ0v) is 14.2. The van der Waals surface area contributed by atoms with Gasteiger partial charge in [-0.3, -0.25) is 9.78 Å². The second-order valence-electron chi connectivity index (χ2n) is 5.90. The molecule has 2 N–H and O–H groups in total. The van der Waals surface area contributed by atoms with Crippen molar-refractivity contribution in [3.05, 3.63) is 90.5 Å². The lowest BCUT2D eigenvalue weighted by Gasteiger charge is -2.09. The molecule has 0 unspecified atom stereocenters. The van der Waals surface area contributed by atoms with Gasteiger partial charge in [0.1, 0.15) is 11.6 Å². The minimum atomic E-state index is -0.383. The van der Waals surface area contributed by atoms with E-state index in [9.17, 15) is 9.18 Å². The predicted octanol–water partition coefficient (Wildman–Crippen LogP) is 4.76. The number of pyridine rings is 2. The average molecular weight is 358 g/mol. The van der Waals surface area contributed by atoms with Crippen LogP contribution in [-0.4, -0.2) is 15.9 Å². The zero-order chi connectivity index (χ0) is 18.6. The lowest BCUT2D eigenvalue weighted by molar-refractivity contribution is 0.102. The van der Waals surface area contributed by atoms with Gasteiger partial charge < -0.3 is 10.6 Å². The van der Waals surface area contributed by atoms with Crippen molar-refractivity contribution >= 4 is 34.0 Å². The highest BCUT2D eigenvalue weighted by Crippen LogP contribution is 2.24. The van der Waals surface area contributed by atoms with Gasteiger partial charge in [0.2, 0.25) is 0 Å². The number of aromatic nitrogens is 2. The van der Waals surface area contributed by atoms with Crippen LogP contribution < -0.4 is 10.6 Å². The van der Waals surface area contributed by atoms with Gasteiger partial charge in [0, 0.05) is 17.1 Å². The van der Waals surface area contributed by atoms with Gasteiger partial charge in [0.15, 0.2) is 0 Å². The number of halogens is 1. The maximum atomic E-state index is 12.9. The highest BCUT2D eigenvalue weighted by molar-refractivity contribution is 6.04. The van der Waals surface area contributed by atoms with E-state index in [1.54, 1.807) is 24.5 Å². The Morgan fingerprint density at radius 2 is 1.70 bits per heavy atom. The molecule has 0 atom stereocenters. The molecule has 2 heterocycles. The van der Waals surface area contributed by atoms with Crippen LogP contribution in [-0.2, 0) is 0 Å². The number of amides is 1. The van der Waals surface area contributed by atoms with Crippen LogP contribution in [0.3, 0.4) is 0 Å². The summed E-state index contributed by atoms with van der Waals surface area (Å²) in [4.78, 5) is 20.9. The van der Waals surface area contributed by atoms with Crippen LogP contribution in [0.2, 0.25) is 0 Å². The van der Waals surface area contributed by atoms with Crippen molar-refractivity contribution in [1.29, 1.82) is 0 Å². The third-order valence-corrected chi connectivity index (χ3v) is 4.02. The van der Waals surface area contributed by atoms with Gasteiger partial charge in [-0.2, -0.15) is 0 Å². The van der Waals surface area contributed by atoms with Gasteiger partial charge in [-0.25, -0.2) is 9.37 Å². The van der Waals surface area contributed by atoms with Crippen molar-refractivity contribution in [1.82, 2.24) is 9.97 Å². The van der Waals surface area contributed by atoms with Gasteiger partial charge >= 0.3 is 0 Å². The Balaban J connectivity index is 1.49. The van der Waals surface area contributed by atoms with Crippen LogP contribution in [0, 0.1) is 5.82 Å². The van der Waals surface area contributed by atoms with E-state index < -0.39 is 0 Å². The fourth-order valence-electron chi connectivity index (χ4n) is 2.69. The first kappa shape index (κ1) is 16.7. The number of nitrogens with one attached hydrogen (secondary N) is 2. The average Bonchev–Trinajstić information content (AvgIpc) is 2.70. The summed E-state index contributed by atoms with van der Waals surface area (Å²) < 4.78 is 12.9.